The van der Waals surface area contributed by atoms with Crippen LogP contribution < -0.4 is 4.74 Å². The van der Waals surface area contributed by atoms with Crippen molar-refractivity contribution in [2.24, 2.45) is 0 Å². The maximum atomic E-state index is 11.5. The zero-order valence-corrected chi connectivity index (χ0v) is 13.1. The first kappa shape index (κ1) is 15.3. The maximum absolute atomic E-state index is 11.5. The first-order valence-electron chi connectivity index (χ1n) is 7.69. The summed E-state index contributed by atoms with van der Waals surface area (Å²) < 4.78 is 5.22. The van der Waals surface area contributed by atoms with Crippen molar-refractivity contribution < 1.29 is 9.84 Å². The molecule has 0 spiro atoms. The first-order valence-corrected chi connectivity index (χ1v) is 7.69. The Bertz CT molecular complexity index is 736. The highest BCUT2D eigenvalue weighted by molar-refractivity contribution is 5.40. The highest BCUT2D eigenvalue weighted by Crippen LogP contribution is 2.34. The van der Waals surface area contributed by atoms with Gasteiger partial charge in [-0.15, -0.1) is 0 Å². The van der Waals surface area contributed by atoms with Gasteiger partial charge < -0.3 is 9.84 Å². The number of aliphatic hydroxyl groups is 1. The van der Waals surface area contributed by atoms with E-state index < -0.39 is 5.60 Å². The van der Waals surface area contributed by atoms with Gasteiger partial charge in [0, 0.05) is 6.42 Å². The van der Waals surface area contributed by atoms with Crippen LogP contribution in [0.4, 0.5) is 0 Å². The largest absolute Gasteiger partial charge is 0.497 e. The summed E-state index contributed by atoms with van der Waals surface area (Å²) in [6.07, 6.45) is 0.518. The number of benzene rings is 3. The Kier molecular flexibility index (Phi) is 4.45. The molecule has 3 aromatic rings. The molecule has 23 heavy (non-hydrogen) atoms. The Balaban J connectivity index is 2.05. The van der Waals surface area contributed by atoms with Crippen molar-refractivity contribution >= 4 is 0 Å². The fourth-order valence-electron chi connectivity index (χ4n) is 2.84. The van der Waals surface area contributed by atoms with E-state index in [4.69, 9.17) is 4.74 Å². The van der Waals surface area contributed by atoms with Gasteiger partial charge in [-0.25, -0.2) is 0 Å². The minimum absolute atomic E-state index is 0.518. The molecule has 116 valence electrons. The van der Waals surface area contributed by atoms with E-state index in [1.165, 1.54) is 0 Å². The van der Waals surface area contributed by atoms with Crippen LogP contribution in [0.25, 0.3) is 0 Å². The lowest BCUT2D eigenvalue weighted by atomic mass is 9.81. The number of rotatable bonds is 5. The van der Waals surface area contributed by atoms with Crippen LogP contribution in [0.1, 0.15) is 16.7 Å². The minimum atomic E-state index is -1.07. The van der Waals surface area contributed by atoms with Crippen molar-refractivity contribution in [3.8, 4) is 5.75 Å². The minimum Gasteiger partial charge on any atom is -0.497 e. The summed E-state index contributed by atoms with van der Waals surface area (Å²) >= 11 is 0. The van der Waals surface area contributed by atoms with Crippen molar-refractivity contribution in [1.29, 1.82) is 0 Å². The molecule has 0 amide bonds. The molecule has 0 fully saturated rings. The number of hydrogen-bond donors (Lipinski definition) is 1. The van der Waals surface area contributed by atoms with E-state index in [2.05, 4.69) is 0 Å². The molecule has 1 atom stereocenters. The number of methoxy groups -OCH3 is 1. The van der Waals surface area contributed by atoms with Gasteiger partial charge in [-0.05, 0) is 28.8 Å². The molecular weight excluding hydrogens is 284 g/mol. The summed E-state index contributed by atoms with van der Waals surface area (Å²) in [5.74, 6) is 0.781. The molecule has 2 heteroatoms. The van der Waals surface area contributed by atoms with E-state index in [1.807, 2.05) is 84.9 Å². The molecule has 0 aliphatic carbocycles. The van der Waals surface area contributed by atoms with Crippen LogP contribution >= 0.6 is 0 Å². The van der Waals surface area contributed by atoms with Crippen LogP contribution in [0.2, 0.25) is 0 Å². The highest BCUT2D eigenvalue weighted by Gasteiger charge is 2.31. The quantitative estimate of drug-likeness (QED) is 0.766. The third-order valence-corrected chi connectivity index (χ3v) is 4.12. The van der Waals surface area contributed by atoms with E-state index in [9.17, 15) is 5.11 Å². The van der Waals surface area contributed by atoms with Gasteiger partial charge in [0.25, 0.3) is 0 Å². The third kappa shape index (κ3) is 3.27. The van der Waals surface area contributed by atoms with Crippen molar-refractivity contribution in [3.05, 3.63) is 102 Å². The predicted octanol–water partition coefficient (Wildman–Crippen LogP) is 4.17. The normalized spacial score (nSPS) is 13.3. The Morgan fingerprint density at radius 3 is 1.83 bits per heavy atom. The highest BCUT2D eigenvalue weighted by atomic mass is 16.5. The van der Waals surface area contributed by atoms with Crippen LogP contribution in [-0.2, 0) is 12.0 Å². The van der Waals surface area contributed by atoms with E-state index in [0.29, 0.717) is 6.42 Å². The van der Waals surface area contributed by atoms with Crippen molar-refractivity contribution in [2.45, 2.75) is 12.0 Å². The molecular formula is C21H20O2. The molecule has 3 rings (SSSR count). The van der Waals surface area contributed by atoms with E-state index in [1.54, 1.807) is 7.11 Å². The monoisotopic (exact) mass is 304 g/mol. The molecule has 0 aliphatic heterocycles. The summed E-state index contributed by atoms with van der Waals surface area (Å²) in [6, 6.07) is 27.5. The summed E-state index contributed by atoms with van der Waals surface area (Å²) in [7, 11) is 1.64. The van der Waals surface area contributed by atoms with E-state index in [-0.39, 0.29) is 0 Å². The molecule has 0 bridgehead atoms. The number of hydrogen-bond acceptors (Lipinski definition) is 2. The molecule has 3 aromatic carbocycles. The van der Waals surface area contributed by atoms with Crippen molar-refractivity contribution in [2.75, 3.05) is 7.11 Å². The average Bonchev–Trinajstić information content (AvgIpc) is 2.63. The fraction of sp³-hybridized carbons (Fsp3) is 0.143. The summed E-state index contributed by atoms with van der Waals surface area (Å²) in [4.78, 5) is 0. The molecule has 1 N–H and O–H groups in total. The molecule has 0 radical (unpaired) electrons. The zero-order chi connectivity index (χ0) is 16.1. The zero-order valence-electron chi connectivity index (χ0n) is 13.1. The van der Waals surface area contributed by atoms with E-state index >= 15 is 0 Å². The van der Waals surface area contributed by atoms with Crippen LogP contribution in [0.5, 0.6) is 5.75 Å². The van der Waals surface area contributed by atoms with Gasteiger partial charge in [-0.3, -0.25) is 0 Å². The number of ether oxygens (including phenoxy) is 1. The SMILES string of the molecule is COc1ccc([C@](O)(Cc2ccccc2)c2ccccc2)cc1. The second-order valence-corrected chi connectivity index (χ2v) is 5.62. The Hall–Kier alpha value is -2.58. The average molecular weight is 304 g/mol. The van der Waals surface area contributed by atoms with Crippen LogP contribution in [0.3, 0.4) is 0 Å². The summed E-state index contributed by atoms with van der Waals surface area (Å²) in [5, 5.41) is 11.5. The van der Waals surface area contributed by atoms with Crippen LogP contribution in [0.15, 0.2) is 84.9 Å². The standard InChI is InChI=1S/C21H20O2/c1-23-20-14-12-19(13-15-20)21(22,18-10-6-3-7-11-18)16-17-8-4-2-5-9-17/h2-15,22H,16H2,1H3/t21-/m0/s1. The maximum Gasteiger partial charge on any atom is 0.119 e. The van der Waals surface area contributed by atoms with Gasteiger partial charge in [0.1, 0.15) is 11.4 Å². The lowest BCUT2D eigenvalue weighted by Gasteiger charge is -2.30. The van der Waals surface area contributed by atoms with Crippen LogP contribution in [-0.4, -0.2) is 12.2 Å². The smallest absolute Gasteiger partial charge is 0.119 e. The Morgan fingerprint density at radius 1 is 0.739 bits per heavy atom. The Morgan fingerprint density at radius 2 is 1.26 bits per heavy atom. The lowest BCUT2D eigenvalue weighted by molar-refractivity contribution is 0.0811. The van der Waals surface area contributed by atoms with Gasteiger partial charge in [-0.1, -0.05) is 72.8 Å². The van der Waals surface area contributed by atoms with Gasteiger partial charge in [0.2, 0.25) is 0 Å². The third-order valence-electron chi connectivity index (χ3n) is 4.12. The summed E-state index contributed by atoms with van der Waals surface area (Å²) in [5.41, 5.74) is 1.76. The fourth-order valence-corrected chi connectivity index (χ4v) is 2.84. The topological polar surface area (TPSA) is 29.5 Å². The Labute approximate surface area is 137 Å². The molecule has 2 nitrogen and oxygen atoms in total. The molecule has 0 aromatic heterocycles. The van der Waals surface area contributed by atoms with Crippen molar-refractivity contribution in [3.63, 3.8) is 0 Å². The second-order valence-electron chi connectivity index (χ2n) is 5.62. The van der Waals surface area contributed by atoms with Gasteiger partial charge in [-0.2, -0.15) is 0 Å². The molecule has 0 aliphatic rings. The van der Waals surface area contributed by atoms with Gasteiger partial charge in [0.15, 0.2) is 0 Å². The summed E-state index contributed by atoms with van der Waals surface area (Å²) in [6.45, 7) is 0. The van der Waals surface area contributed by atoms with Crippen molar-refractivity contribution in [1.82, 2.24) is 0 Å². The van der Waals surface area contributed by atoms with E-state index in [0.717, 1.165) is 22.4 Å². The van der Waals surface area contributed by atoms with Crippen LogP contribution in [0, 0.1) is 0 Å². The lowest BCUT2D eigenvalue weighted by Crippen LogP contribution is -2.30. The molecule has 0 heterocycles. The molecule has 0 unspecified atom stereocenters. The predicted molar refractivity (Wildman–Crippen MR) is 92.6 cm³/mol. The van der Waals surface area contributed by atoms with Gasteiger partial charge in [0.05, 0.1) is 7.11 Å². The second kappa shape index (κ2) is 6.67. The van der Waals surface area contributed by atoms with Gasteiger partial charge >= 0.3 is 0 Å². The molecule has 0 saturated carbocycles. The first-order chi connectivity index (χ1) is 11.2. The molecule has 0 saturated heterocycles.